The molecule has 1 heterocycles. The maximum absolute atomic E-state index is 12.8. The molecular formula is C16H24FN3O2. The highest BCUT2D eigenvalue weighted by molar-refractivity contribution is 5.89. The van der Waals surface area contributed by atoms with Crippen molar-refractivity contribution in [1.82, 2.24) is 10.2 Å². The lowest BCUT2D eigenvalue weighted by molar-refractivity contribution is 0.247. The van der Waals surface area contributed by atoms with Crippen molar-refractivity contribution < 1.29 is 14.3 Å². The van der Waals surface area contributed by atoms with Gasteiger partial charge in [0.1, 0.15) is 5.82 Å². The Bertz CT molecular complexity index is 467. The molecule has 0 saturated carbocycles. The van der Waals surface area contributed by atoms with Crippen LogP contribution in [0.15, 0.2) is 24.3 Å². The smallest absolute Gasteiger partial charge is 0.319 e. The Labute approximate surface area is 130 Å². The van der Waals surface area contributed by atoms with Crippen molar-refractivity contribution in [3.8, 4) is 0 Å². The molecule has 1 saturated heterocycles. The summed E-state index contributed by atoms with van der Waals surface area (Å²) in [7, 11) is 0. The van der Waals surface area contributed by atoms with Gasteiger partial charge in [0.2, 0.25) is 0 Å². The van der Waals surface area contributed by atoms with Gasteiger partial charge in [-0.1, -0.05) is 0 Å². The van der Waals surface area contributed by atoms with Gasteiger partial charge >= 0.3 is 6.03 Å². The normalized spacial score (nSPS) is 18.4. The summed E-state index contributed by atoms with van der Waals surface area (Å²) in [6.07, 6.45) is 3.91. The second-order valence-electron chi connectivity index (χ2n) is 5.68. The third-order valence-corrected chi connectivity index (χ3v) is 3.84. The zero-order chi connectivity index (χ0) is 15.8. The molecule has 122 valence electrons. The van der Waals surface area contributed by atoms with E-state index in [1.54, 1.807) is 0 Å². The summed E-state index contributed by atoms with van der Waals surface area (Å²) in [5.74, 6) is -0.321. The van der Waals surface area contributed by atoms with E-state index in [9.17, 15) is 9.18 Å². The number of carbonyl (C=O) groups excluding carboxylic acids is 1. The first-order chi connectivity index (χ1) is 10.7. The van der Waals surface area contributed by atoms with Crippen LogP contribution in [0.4, 0.5) is 14.9 Å². The largest absolute Gasteiger partial charge is 0.396 e. The van der Waals surface area contributed by atoms with E-state index < -0.39 is 0 Å². The molecule has 2 rings (SSSR count). The number of aliphatic hydroxyl groups is 1. The highest BCUT2D eigenvalue weighted by Gasteiger charge is 2.23. The minimum atomic E-state index is -0.321. The minimum absolute atomic E-state index is 0.151. The molecule has 1 aromatic carbocycles. The third kappa shape index (κ3) is 5.61. The summed E-state index contributed by atoms with van der Waals surface area (Å²) < 4.78 is 12.8. The Kier molecular flexibility index (Phi) is 6.61. The van der Waals surface area contributed by atoms with Crippen molar-refractivity contribution >= 4 is 11.7 Å². The number of unbranched alkanes of at least 4 members (excludes halogenated alkanes) is 2. The SMILES string of the molecule is O=C(Nc1ccc(F)cc1)NC1CCN(CCCCCO)C1. The van der Waals surface area contributed by atoms with Crippen molar-refractivity contribution in [3.63, 3.8) is 0 Å². The van der Waals surface area contributed by atoms with E-state index in [4.69, 9.17) is 5.11 Å². The highest BCUT2D eigenvalue weighted by atomic mass is 19.1. The molecule has 0 spiro atoms. The fourth-order valence-corrected chi connectivity index (χ4v) is 2.66. The van der Waals surface area contributed by atoms with E-state index in [0.29, 0.717) is 5.69 Å². The number of hydrogen-bond acceptors (Lipinski definition) is 3. The minimum Gasteiger partial charge on any atom is -0.396 e. The Morgan fingerprint density at radius 1 is 1.27 bits per heavy atom. The molecule has 2 amide bonds. The second kappa shape index (κ2) is 8.70. The van der Waals surface area contributed by atoms with E-state index in [1.807, 2.05) is 0 Å². The lowest BCUT2D eigenvalue weighted by atomic mass is 10.2. The zero-order valence-corrected chi connectivity index (χ0v) is 12.7. The quantitative estimate of drug-likeness (QED) is 0.677. The lowest BCUT2D eigenvalue weighted by Gasteiger charge is -2.16. The molecule has 1 unspecified atom stereocenters. The van der Waals surface area contributed by atoms with Crippen molar-refractivity contribution in [2.45, 2.75) is 31.7 Å². The summed E-state index contributed by atoms with van der Waals surface area (Å²) in [6.45, 7) is 3.11. The molecule has 3 N–H and O–H groups in total. The number of benzene rings is 1. The fourth-order valence-electron chi connectivity index (χ4n) is 2.66. The number of anilines is 1. The van der Waals surface area contributed by atoms with Gasteiger partial charge < -0.3 is 20.6 Å². The van der Waals surface area contributed by atoms with E-state index >= 15 is 0 Å². The van der Waals surface area contributed by atoms with Gasteiger partial charge in [-0.3, -0.25) is 0 Å². The predicted molar refractivity (Wildman–Crippen MR) is 84.3 cm³/mol. The number of likely N-dealkylation sites (tertiary alicyclic amines) is 1. The first-order valence-corrected chi connectivity index (χ1v) is 7.83. The van der Waals surface area contributed by atoms with Crippen molar-refractivity contribution in [2.75, 3.05) is 31.6 Å². The van der Waals surface area contributed by atoms with Crippen LogP contribution >= 0.6 is 0 Å². The molecule has 22 heavy (non-hydrogen) atoms. The number of hydrogen-bond donors (Lipinski definition) is 3. The van der Waals surface area contributed by atoms with Gasteiger partial charge in [0.15, 0.2) is 0 Å². The van der Waals surface area contributed by atoms with Gasteiger partial charge in [0, 0.05) is 31.4 Å². The van der Waals surface area contributed by atoms with Crippen LogP contribution in [0.5, 0.6) is 0 Å². The van der Waals surface area contributed by atoms with Crippen LogP contribution in [0.1, 0.15) is 25.7 Å². The summed E-state index contributed by atoms with van der Waals surface area (Å²) in [6, 6.07) is 5.61. The number of halogens is 1. The number of nitrogens with one attached hydrogen (secondary N) is 2. The lowest BCUT2D eigenvalue weighted by Crippen LogP contribution is -2.39. The van der Waals surface area contributed by atoms with Crippen LogP contribution in [0.3, 0.4) is 0 Å². The molecule has 6 heteroatoms. The van der Waals surface area contributed by atoms with Gasteiger partial charge in [-0.2, -0.15) is 0 Å². The first-order valence-electron chi connectivity index (χ1n) is 7.83. The molecule has 0 radical (unpaired) electrons. The van der Waals surface area contributed by atoms with Crippen LogP contribution in [-0.2, 0) is 0 Å². The molecule has 1 fully saturated rings. The molecular weight excluding hydrogens is 285 g/mol. The average Bonchev–Trinajstić information content (AvgIpc) is 2.93. The molecule has 1 aromatic rings. The van der Waals surface area contributed by atoms with Gasteiger partial charge in [-0.05, 0) is 56.5 Å². The Hall–Kier alpha value is -1.66. The van der Waals surface area contributed by atoms with Crippen LogP contribution in [0, 0.1) is 5.82 Å². The Balaban J connectivity index is 1.66. The zero-order valence-electron chi connectivity index (χ0n) is 12.7. The fraction of sp³-hybridized carbons (Fsp3) is 0.562. The summed E-state index contributed by atoms with van der Waals surface area (Å²) in [5.41, 5.74) is 0.581. The number of rotatable bonds is 7. The summed E-state index contributed by atoms with van der Waals surface area (Å²) in [4.78, 5) is 14.2. The standard InChI is InChI=1S/C16H24FN3O2/c17-13-4-6-14(7-5-13)18-16(22)19-15-8-10-20(12-15)9-2-1-3-11-21/h4-7,15,21H,1-3,8-12H2,(H2,18,19,22). The first kappa shape index (κ1) is 16.7. The van der Waals surface area contributed by atoms with Crippen molar-refractivity contribution in [2.24, 2.45) is 0 Å². The molecule has 5 nitrogen and oxygen atoms in total. The van der Waals surface area contributed by atoms with Gasteiger partial charge in [-0.25, -0.2) is 9.18 Å². The summed E-state index contributed by atoms with van der Waals surface area (Å²) >= 11 is 0. The molecule has 1 aliphatic heterocycles. The van der Waals surface area contributed by atoms with Gasteiger partial charge in [-0.15, -0.1) is 0 Å². The predicted octanol–water partition coefficient (Wildman–Crippen LogP) is 2.18. The highest BCUT2D eigenvalue weighted by Crippen LogP contribution is 2.12. The molecule has 1 aliphatic rings. The van der Waals surface area contributed by atoms with Gasteiger partial charge in [0.25, 0.3) is 0 Å². The van der Waals surface area contributed by atoms with Crippen molar-refractivity contribution in [3.05, 3.63) is 30.1 Å². The van der Waals surface area contributed by atoms with Crippen LogP contribution in [0.25, 0.3) is 0 Å². The Morgan fingerprint density at radius 3 is 2.77 bits per heavy atom. The average molecular weight is 309 g/mol. The Morgan fingerprint density at radius 2 is 2.05 bits per heavy atom. The van der Waals surface area contributed by atoms with E-state index in [0.717, 1.165) is 45.3 Å². The molecule has 0 bridgehead atoms. The van der Waals surface area contributed by atoms with E-state index in [-0.39, 0.29) is 24.5 Å². The van der Waals surface area contributed by atoms with Gasteiger partial charge in [0.05, 0.1) is 0 Å². The topological polar surface area (TPSA) is 64.6 Å². The summed E-state index contributed by atoms with van der Waals surface area (Å²) in [5, 5.41) is 14.4. The number of urea groups is 1. The maximum atomic E-state index is 12.8. The number of aliphatic hydroxyl groups excluding tert-OH is 1. The van der Waals surface area contributed by atoms with E-state index in [1.165, 1.54) is 24.3 Å². The number of carbonyl (C=O) groups is 1. The second-order valence-corrected chi connectivity index (χ2v) is 5.68. The van der Waals surface area contributed by atoms with Crippen LogP contribution in [-0.4, -0.2) is 48.3 Å². The van der Waals surface area contributed by atoms with Crippen LogP contribution < -0.4 is 10.6 Å². The van der Waals surface area contributed by atoms with Crippen LogP contribution in [0.2, 0.25) is 0 Å². The molecule has 0 aromatic heterocycles. The maximum Gasteiger partial charge on any atom is 0.319 e. The molecule has 1 atom stereocenters. The number of nitrogens with zero attached hydrogens (tertiary/aromatic N) is 1. The molecule has 0 aliphatic carbocycles. The third-order valence-electron chi connectivity index (χ3n) is 3.84. The number of amides is 2. The monoisotopic (exact) mass is 309 g/mol. The van der Waals surface area contributed by atoms with Crippen molar-refractivity contribution in [1.29, 1.82) is 0 Å². The van der Waals surface area contributed by atoms with E-state index in [2.05, 4.69) is 15.5 Å².